The van der Waals surface area contributed by atoms with Gasteiger partial charge in [-0.1, -0.05) is 11.6 Å². The van der Waals surface area contributed by atoms with E-state index in [9.17, 15) is 4.79 Å². The lowest BCUT2D eigenvalue weighted by molar-refractivity contribution is -0.126. The van der Waals surface area contributed by atoms with E-state index >= 15 is 0 Å². The molecule has 18 heavy (non-hydrogen) atoms. The zero-order valence-corrected chi connectivity index (χ0v) is 11.0. The zero-order chi connectivity index (χ0) is 12.7. The summed E-state index contributed by atoms with van der Waals surface area (Å²) in [6.07, 6.45) is 2.28. The highest BCUT2D eigenvalue weighted by atomic mass is 35.5. The molecule has 0 unspecified atom stereocenters. The van der Waals surface area contributed by atoms with Crippen LogP contribution in [-0.4, -0.2) is 40.5 Å². The molecule has 1 aliphatic heterocycles. The van der Waals surface area contributed by atoms with Crippen molar-refractivity contribution in [3.05, 3.63) is 17.0 Å². The summed E-state index contributed by atoms with van der Waals surface area (Å²) in [5, 5.41) is 0.462. The third-order valence-corrected chi connectivity index (χ3v) is 3.56. The highest BCUT2D eigenvalue weighted by molar-refractivity contribution is 6.29. The average molecular weight is 267 g/mol. The maximum Gasteiger partial charge on any atom is 0.243 e. The van der Waals surface area contributed by atoms with Gasteiger partial charge >= 0.3 is 0 Å². The van der Waals surface area contributed by atoms with Gasteiger partial charge in [-0.15, -0.1) is 0 Å². The highest BCUT2D eigenvalue weighted by Gasteiger charge is 2.30. The molecule has 0 aromatic carbocycles. The van der Waals surface area contributed by atoms with Crippen LogP contribution in [0.5, 0.6) is 0 Å². The molecule has 0 atom stereocenters. The highest BCUT2D eigenvalue weighted by Crippen LogP contribution is 2.39. The van der Waals surface area contributed by atoms with E-state index in [-0.39, 0.29) is 5.91 Å². The van der Waals surface area contributed by atoms with Gasteiger partial charge in [-0.25, -0.2) is 9.97 Å². The van der Waals surface area contributed by atoms with Crippen LogP contribution in [0, 0.1) is 0 Å². The molecule has 0 bridgehead atoms. The van der Waals surface area contributed by atoms with Crippen LogP contribution in [0.2, 0.25) is 5.15 Å². The first-order chi connectivity index (χ1) is 8.67. The molecular formula is C12H15ClN4O. The van der Waals surface area contributed by atoms with E-state index in [2.05, 4.69) is 9.97 Å². The summed E-state index contributed by atoms with van der Waals surface area (Å²) in [7, 11) is 0. The van der Waals surface area contributed by atoms with Crippen LogP contribution in [-0.2, 0) is 4.79 Å². The molecule has 0 spiro atoms. The molecule has 5 nitrogen and oxygen atoms in total. The summed E-state index contributed by atoms with van der Waals surface area (Å²) in [5.41, 5.74) is 0. The van der Waals surface area contributed by atoms with E-state index in [1.807, 2.05) is 11.8 Å². The molecular weight excluding hydrogens is 252 g/mol. The second-order valence-electron chi connectivity index (χ2n) is 4.77. The second kappa shape index (κ2) is 4.39. The lowest BCUT2D eigenvalue weighted by Crippen LogP contribution is -2.27. The van der Waals surface area contributed by atoms with Crippen LogP contribution in [0.25, 0.3) is 0 Å². The fourth-order valence-electron chi connectivity index (χ4n) is 2.14. The first-order valence-electron chi connectivity index (χ1n) is 6.24. The monoisotopic (exact) mass is 266 g/mol. The van der Waals surface area contributed by atoms with Crippen molar-refractivity contribution in [2.45, 2.75) is 25.7 Å². The molecule has 2 heterocycles. The molecule has 1 saturated heterocycles. The Hall–Kier alpha value is -1.36. The Morgan fingerprint density at radius 2 is 2.22 bits per heavy atom. The number of hydrogen-bond donors (Lipinski definition) is 0. The lowest BCUT2D eigenvalue weighted by Gasteiger charge is -2.18. The predicted molar refractivity (Wildman–Crippen MR) is 68.6 cm³/mol. The van der Waals surface area contributed by atoms with Crippen molar-refractivity contribution in [1.82, 2.24) is 14.9 Å². The van der Waals surface area contributed by atoms with E-state index in [1.54, 1.807) is 11.0 Å². The first kappa shape index (κ1) is 11.7. The minimum absolute atomic E-state index is 0.139. The Balaban J connectivity index is 1.86. The third-order valence-electron chi connectivity index (χ3n) is 3.37. The molecule has 1 aromatic rings. The summed E-state index contributed by atoms with van der Waals surface area (Å²) in [6, 6.07) is 1.74. The fourth-order valence-corrected chi connectivity index (χ4v) is 2.32. The third kappa shape index (κ3) is 2.14. The van der Waals surface area contributed by atoms with Gasteiger partial charge in [0.05, 0.1) is 6.67 Å². The number of rotatable bonds is 3. The normalized spacial score (nSPS) is 19.8. The largest absolute Gasteiger partial charge is 0.329 e. The van der Waals surface area contributed by atoms with Gasteiger partial charge in [-0.2, -0.15) is 0 Å². The molecule has 0 radical (unpaired) electrons. The van der Waals surface area contributed by atoms with Crippen LogP contribution in [0.15, 0.2) is 6.07 Å². The smallest absolute Gasteiger partial charge is 0.243 e. The summed E-state index contributed by atoms with van der Waals surface area (Å²) in [4.78, 5) is 24.2. The summed E-state index contributed by atoms with van der Waals surface area (Å²) < 4.78 is 0. The molecule has 1 aromatic heterocycles. The molecule has 2 aliphatic rings. The minimum atomic E-state index is 0.139. The molecule has 2 fully saturated rings. The van der Waals surface area contributed by atoms with Crippen molar-refractivity contribution in [1.29, 1.82) is 0 Å². The number of carbonyl (C=O) groups is 1. The van der Waals surface area contributed by atoms with Crippen molar-refractivity contribution >= 4 is 23.3 Å². The number of hydrogen-bond acceptors (Lipinski definition) is 4. The van der Waals surface area contributed by atoms with Crippen LogP contribution >= 0.6 is 11.6 Å². The van der Waals surface area contributed by atoms with E-state index in [0.29, 0.717) is 24.3 Å². The Morgan fingerprint density at radius 1 is 1.44 bits per heavy atom. The Morgan fingerprint density at radius 3 is 2.83 bits per heavy atom. The van der Waals surface area contributed by atoms with Gasteiger partial charge in [0.1, 0.15) is 23.3 Å². The number of likely N-dealkylation sites (N-methyl/N-ethyl adjacent to an activating group) is 1. The average Bonchev–Trinajstić information content (AvgIpc) is 3.12. The predicted octanol–water partition coefficient (Wildman–Crippen LogP) is 1.63. The Labute approximate surface area is 111 Å². The van der Waals surface area contributed by atoms with Gasteiger partial charge in [0.15, 0.2) is 0 Å². The van der Waals surface area contributed by atoms with Crippen LogP contribution < -0.4 is 4.90 Å². The van der Waals surface area contributed by atoms with Crippen LogP contribution in [0.3, 0.4) is 0 Å². The van der Waals surface area contributed by atoms with Crippen LogP contribution in [0.4, 0.5) is 5.82 Å². The van der Waals surface area contributed by atoms with E-state index < -0.39 is 0 Å². The van der Waals surface area contributed by atoms with Crippen molar-refractivity contribution in [2.75, 3.05) is 24.7 Å². The minimum Gasteiger partial charge on any atom is -0.329 e. The van der Waals surface area contributed by atoms with Gasteiger partial charge < -0.3 is 9.80 Å². The maximum absolute atomic E-state index is 11.7. The number of anilines is 1. The van der Waals surface area contributed by atoms with Gasteiger partial charge in [0, 0.05) is 18.5 Å². The SMILES string of the molecule is CCN1CN(c2cc(Cl)nc(C3CC3)n2)CC1=O. The molecule has 6 heteroatoms. The van der Waals surface area contributed by atoms with Gasteiger partial charge in [0.2, 0.25) is 5.91 Å². The van der Waals surface area contributed by atoms with Crippen molar-refractivity contribution in [3.63, 3.8) is 0 Å². The summed E-state index contributed by atoms with van der Waals surface area (Å²) >= 11 is 6.03. The standard InChI is InChI=1S/C12H15ClN4O/c1-2-16-7-17(6-11(16)18)10-5-9(13)14-12(15-10)8-3-4-8/h5,8H,2-4,6-7H2,1H3. The van der Waals surface area contributed by atoms with E-state index in [0.717, 1.165) is 31.0 Å². The molecule has 1 saturated carbocycles. The zero-order valence-electron chi connectivity index (χ0n) is 10.3. The molecule has 1 aliphatic carbocycles. The first-order valence-corrected chi connectivity index (χ1v) is 6.62. The molecule has 3 rings (SSSR count). The molecule has 1 amide bonds. The van der Waals surface area contributed by atoms with Gasteiger partial charge in [-0.3, -0.25) is 4.79 Å². The van der Waals surface area contributed by atoms with Crippen molar-refractivity contribution < 1.29 is 4.79 Å². The van der Waals surface area contributed by atoms with Gasteiger partial charge in [-0.05, 0) is 19.8 Å². The molecule has 96 valence electrons. The quantitative estimate of drug-likeness (QED) is 0.781. The fraction of sp³-hybridized carbons (Fsp3) is 0.583. The van der Waals surface area contributed by atoms with Crippen LogP contribution in [0.1, 0.15) is 31.5 Å². The van der Waals surface area contributed by atoms with Crippen molar-refractivity contribution in [2.24, 2.45) is 0 Å². The second-order valence-corrected chi connectivity index (χ2v) is 5.16. The lowest BCUT2D eigenvalue weighted by atomic mass is 10.4. The maximum atomic E-state index is 11.7. The number of aromatic nitrogens is 2. The Bertz CT molecular complexity index is 489. The number of amides is 1. The van der Waals surface area contributed by atoms with Gasteiger partial charge in [0.25, 0.3) is 0 Å². The number of carbonyl (C=O) groups excluding carboxylic acids is 1. The number of nitrogens with zero attached hydrogens (tertiary/aromatic N) is 4. The summed E-state index contributed by atoms with van der Waals surface area (Å²) in [5.74, 6) is 2.18. The number of halogens is 1. The summed E-state index contributed by atoms with van der Waals surface area (Å²) in [6.45, 7) is 3.67. The Kier molecular flexibility index (Phi) is 2.86. The van der Waals surface area contributed by atoms with E-state index in [1.165, 1.54) is 0 Å². The topological polar surface area (TPSA) is 49.3 Å². The van der Waals surface area contributed by atoms with E-state index in [4.69, 9.17) is 11.6 Å². The van der Waals surface area contributed by atoms with Crippen molar-refractivity contribution in [3.8, 4) is 0 Å². The molecule has 0 N–H and O–H groups in total.